The lowest BCUT2D eigenvalue weighted by Gasteiger charge is -2.26. The molecule has 1 aliphatic heterocycles. The summed E-state index contributed by atoms with van der Waals surface area (Å²) in [6.07, 6.45) is 2.05. The number of hydrogen-bond acceptors (Lipinski definition) is 6. The maximum Gasteiger partial charge on any atom is 0.241 e. The van der Waals surface area contributed by atoms with Gasteiger partial charge in [0.2, 0.25) is 5.91 Å². The Kier molecular flexibility index (Phi) is 5.16. The van der Waals surface area contributed by atoms with Crippen molar-refractivity contribution in [1.82, 2.24) is 15.3 Å². The minimum absolute atomic E-state index is 0.0449. The molecular formula is C19H16ClF2N5O2. The van der Waals surface area contributed by atoms with Gasteiger partial charge in [-0.3, -0.25) is 4.79 Å². The lowest BCUT2D eigenvalue weighted by molar-refractivity contribution is -0.119. The monoisotopic (exact) mass is 419 g/mol. The van der Waals surface area contributed by atoms with Gasteiger partial charge >= 0.3 is 0 Å². The molecule has 1 amide bonds. The first-order valence-electron chi connectivity index (χ1n) is 8.75. The van der Waals surface area contributed by atoms with Crippen LogP contribution in [-0.2, 0) is 4.79 Å². The van der Waals surface area contributed by atoms with Crippen molar-refractivity contribution in [3.05, 3.63) is 47.2 Å². The van der Waals surface area contributed by atoms with E-state index in [9.17, 15) is 13.6 Å². The smallest absolute Gasteiger partial charge is 0.241 e. The van der Waals surface area contributed by atoms with Crippen LogP contribution >= 0.6 is 11.6 Å². The van der Waals surface area contributed by atoms with Crippen LogP contribution in [0.15, 0.2) is 30.6 Å². The topological polar surface area (TPSA) is 88.2 Å². The van der Waals surface area contributed by atoms with E-state index in [1.54, 1.807) is 12.1 Å². The Hall–Kier alpha value is -3.04. The summed E-state index contributed by atoms with van der Waals surface area (Å²) >= 11 is 5.65. The van der Waals surface area contributed by atoms with Crippen molar-refractivity contribution >= 4 is 45.6 Å². The second kappa shape index (κ2) is 7.76. The minimum atomic E-state index is -0.934. The standard InChI is InChI=1S/C19H16ClF2N5O2/c1-29-15-7-13-9(6-14(15)27-19(28)12-4-5-23-12)18(25-8-24-13)26-11-3-2-10(21)16(20)17(11)22/h2-3,6-8,12,23H,4-5H2,1H3,(H,27,28)(H,24,25,26). The number of hydrogen-bond donors (Lipinski definition) is 3. The van der Waals surface area contributed by atoms with Crippen LogP contribution in [0, 0.1) is 11.6 Å². The Bertz CT molecular complexity index is 1110. The van der Waals surface area contributed by atoms with Gasteiger partial charge in [-0.05, 0) is 31.2 Å². The summed E-state index contributed by atoms with van der Waals surface area (Å²) in [5.41, 5.74) is 0.887. The van der Waals surface area contributed by atoms with Gasteiger partial charge in [0.25, 0.3) is 0 Å². The molecule has 29 heavy (non-hydrogen) atoms. The number of rotatable bonds is 5. The van der Waals surface area contributed by atoms with E-state index < -0.39 is 16.7 Å². The van der Waals surface area contributed by atoms with Gasteiger partial charge in [-0.2, -0.15) is 0 Å². The zero-order chi connectivity index (χ0) is 20.5. The predicted octanol–water partition coefficient (Wildman–Crippen LogP) is 3.61. The van der Waals surface area contributed by atoms with E-state index in [1.165, 1.54) is 19.5 Å². The van der Waals surface area contributed by atoms with Crippen LogP contribution < -0.4 is 20.7 Å². The van der Waals surface area contributed by atoms with Gasteiger partial charge in [0.15, 0.2) is 5.82 Å². The Morgan fingerprint density at radius 2 is 2.07 bits per heavy atom. The highest BCUT2D eigenvalue weighted by Gasteiger charge is 2.25. The fraction of sp³-hybridized carbons (Fsp3) is 0.211. The second-order valence-electron chi connectivity index (χ2n) is 6.42. The molecule has 10 heteroatoms. The number of aromatic nitrogens is 2. The molecule has 2 heterocycles. The third-order valence-electron chi connectivity index (χ3n) is 4.64. The molecule has 3 N–H and O–H groups in total. The number of nitrogens with one attached hydrogen (secondary N) is 3. The molecule has 0 spiro atoms. The van der Waals surface area contributed by atoms with Gasteiger partial charge in [-0.1, -0.05) is 11.6 Å². The molecule has 0 radical (unpaired) electrons. The third kappa shape index (κ3) is 3.66. The number of halogens is 3. The lowest BCUT2D eigenvalue weighted by atomic mass is 10.1. The summed E-state index contributed by atoms with van der Waals surface area (Å²) in [4.78, 5) is 20.6. The van der Waals surface area contributed by atoms with Crippen LogP contribution in [0.4, 0.5) is 26.0 Å². The number of anilines is 3. The van der Waals surface area contributed by atoms with Gasteiger partial charge < -0.3 is 20.7 Å². The summed E-state index contributed by atoms with van der Waals surface area (Å²) in [6.45, 7) is 0.792. The first-order valence-corrected chi connectivity index (χ1v) is 9.13. The average Bonchev–Trinajstić information content (AvgIpc) is 2.67. The molecule has 0 bridgehead atoms. The van der Waals surface area contributed by atoms with Crippen LogP contribution in [0.5, 0.6) is 5.75 Å². The predicted molar refractivity (Wildman–Crippen MR) is 106 cm³/mol. The summed E-state index contributed by atoms with van der Waals surface area (Å²) in [7, 11) is 1.48. The molecule has 1 saturated heterocycles. The molecule has 1 aromatic heterocycles. The molecule has 1 fully saturated rings. The minimum Gasteiger partial charge on any atom is -0.494 e. The van der Waals surface area contributed by atoms with Crippen LogP contribution in [-0.4, -0.2) is 35.6 Å². The first kappa shape index (κ1) is 19.3. The van der Waals surface area contributed by atoms with E-state index in [2.05, 4.69) is 25.9 Å². The molecule has 0 aliphatic carbocycles. The van der Waals surface area contributed by atoms with E-state index in [4.69, 9.17) is 16.3 Å². The van der Waals surface area contributed by atoms with E-state index in [-0.39, 0.29) is 23.5 Å². The molecule has 3 aromatic rings. The highest BCUT2D eigenvalue weighted by Crippen LogP contribution is 2.34. The van der Waals surface area contributed by atoms with Gasteiger partial charge in [0.1, 0.15) is 28.7 Å². The number of carbonyl (C=O) groups is 1. The Balaban J connectivity index is 1.74. The van der Waals surface area contributed by atoms with E-state index >= 15 is 0 Å². The molecule has 2 aromatic carbocycles. The quantitative estimate of drug-likeness (QED) is 0.547. The fourth-order valence-corrected chi connectivity index (χ4v) is 3.10. The van der Waals surface area contributed by atoms with E-state index in [0.717, 1.165) is 19.0 Å². The van der Waals surface area contributed by atoms with Crippen molar-refractivity contribution in [2.75, 3.05) is 24.3 Å². The fourth-order valence-electron chi connectivity index (χ4n) is 2.93. The van der Waals surface area contributed by atoms with Gasteiger partial charge in [0.05, 0.1) is 30.0 Å². The number of benzene rings is 2. The first-order chi connectivity index (χ1) is 14.0. The summed E-state index contributed by atoms with van der Waals surface area (Å²) in [6, 6.07) is 5.29. The van der Waals surface area contributed by atoms with Gasteiger partial charge in [-0.25, -0.2) is 18.7 Å². The molecule has 0 saturated carbocycles. The van der Waals surface area contributed by atoms with Crippen LogP contribution in [0.1, 0.15) is 6.42 Å². The summed E-state index contributed by atoms with van der Waals surface area (Å²) in [5, 5.41) is 8.54. The second-order valence-corrected chi connectivity index (χ2v) is 6.80. The number of methoxy groups -OCH3 is 1. The number of ether oxygens (including phenoxy) is 1. The average molecular weight is 420 g/mol. The number of nitrogens with zero attached hydrogens (tertiary/aromatic N) is 2. The highest BCUT2D eigenvalue weighted by molar-refractivity contribution is 6.31. The Morgan fingerprint density at radius 1 is 1.28 bits per heavy atom. The number of amides is 1. The maximum atomic E-state index is 14.3. The zero-order valence-corrected chi connectivity index (χ0v) is 16.0. The Labute approximate surface area is 169 Å². The number of carbonyl (C=O) groups excluding carboxylic acids is 1. The molecule has 150 valence electrons. The normalized spacial score (nSPS) is 15.7. The molecule has 1 atom stereocenters. The van der Waals surface area contributed by atoms with E-state index in [0.29, 0.717) is 22.3 Å². The van der Waals surface area contributed by atoms with Crippen molar-refractivity contribution in [1.29, 1.82) is 0 Å². The summed E-state index contributed by atoms with van der Waals surface area (Å²) < 4.78 is 33.1. The third-order valence-corrected chi connectivity index (χ3v) is 4.99. The van der Waals surface area contributed by atoms with E-state index in [1.807, 2.05) is 0 Å². The molecule has 1 unspecified atom stereocenters. The lowest BCUT2D eigenvalue weighted by Crippen LogP contribution is -2.50. The molecule has 4 rings (SSSR count). The molecule has 7 nitrogen and oxygen atoms in total. The van der Waals surface area contributed by atoms with Crippen LogP contribution in [0.2, 0.25) is 5.02 Å². The van der Waals surface area contributed by atoms with Crippen molar-refractivity contribution in [2.45, 2.75) is 12.5 Å². The van der Waals surface area contributed by atoms with Crippen LogP contribution in [0.3, 0.4) is 0 Å². The SMILES string of the molecule is COc1cc2ncnc(Nc3ccc(F)c(Cl)c3F)c2cc1NC(=O)C1CCN1. The van der Waals surface area contributed by atoms with Crippen molar-refractivity contribution in [3.63, 3.8) is 0 Å². The van der Waals surface area contributed by atoms with Crippen LogP contribution in [0.25, 0.3) is 10.9 Å². The summed E-state index contributed by atoms with van der Waals surface area (Å²) in [5.74, 6) is -1.29. The Morgan fingerprint density at radius 3 is 2.76 bits per heavy atom. The van der Waals surface area contributed by atoms with Crippen molar-refractivity contribution < 1.29 is 18.3 Å². The molecule has 1 aliphatic rings. The zero-order valence-electron chi connectivity index (χ0n) is 15.2. The number of fused-ring (bicyclic) bond motifs is 1. The van der Waals surface area contributed by atoms with Gasteiger partial charge in [-0.15, -0.1) is 0 Å². The molecular weight excluding hydrogens is 404 g/mol. The van der Waals surface area contributed by atoms with Crippen molar-refractivity contribution in [2.24, 2.45) is 0 Å². The highest BCUT2D eigenvalue weighted by atomic mass is 35.5. The largest absolute Gasteiger partial charge is 0.494 e. The van der Waals surface area contributed by atoms with Gasteiger partial charge in [0, 0.05) is 11.5 Å². The maximum absolute atomic E-state index is 14.3. The van der Waals surface area contributed by atoms with Crippen molar-refractivity contribution in [3.8, 4) is 5.75 Å².